The summed E-state index contributed by atoms with van der Waals surface area (Å²) in [5, 5.41) is 2.93. The Bertz CT molecular complexity index is 359. The van der Waals surface area contributed by atoms with Gasteiger partial charge in [-0.05, 0) is 39.0 Å². The fourth-order valence-corrected chi connectivity index (χ4v) is 3.16. The normalized spacial score (nSPS) is 26.5. The molecule has 1 atom stereocenters. The number of carbonyl (C=O) groups is 2. The molecule has 4 nitrogen and oxygen atoms in total. The molecular formula is C15H26N2O2. The summed E-state index contributed by atoms with van der Waals surface area (Å²) in [6, 6.07) is -0.285. The van der Waals surface area contributed by atoms with Crippen LogP contribution in [-0.2, 0) is 9.59 Å². The smallest absolute Gasteiger partial charge is 0.246 e. The Balaban J connectivity index is 2.15. The van der Waals surface area contributed by atoms with Gasteiger partial charge in [0.25, 0.3) is 0 Å². The van der Waals surface area contributed by atoms with E-state index in [0.29, 0.717) is 5.92 Å². The van der Waals surface area contributed by atoms with Crippen LogP contribution in [0.5, 0.6) is 0 Å². The van der Waals surface area contributed by atoms with E-state index in [4.69, 9.17) is 0 Å². The van der Waals surface area contributed by atoms with Crippen molar-refractivity contribution >= 4 is 11.8 Å². The van der Waals surface area contributed by atoms with Gasteiger partial charge < -0.3 is 10.2 Å². The van der Waals surface area contributed by atoms with Crippen molar-refractivity contribution in [1.29, 1.82) is 0 Å². The van der Waals surface area contributed by atoms with E-state index in [1.807, 2.05) is 13.8 Å². The fraction of sp³-hybridized carbons (Fsp3) is 0.867. The lowest BCUT2D eigenvalue weighted by atomic mass is 9.82. The molecule has 108 valence electrons. The van der Waals surface area contributed by atoms with E-state index in [2.05, 4.69) is 12.2 Å². The van der Waals surface area contributed by atoms with Gasteiger partial charge in [-0.3, -0.25) is 9.59 Å². The highest BCUT2D eigenvalue weighted by molar-refractivity contribution is 5.95. The molecule has 0 aromatic carbocycles. The van der Waals surface area contributed by atoms with E-state index in [1.54, 1.807) is 4.90 Å². The molecule has 0 spiro atoms. The molecule has 4 heteroatoms. The number of nitrogens with zero attached hydrogens (tertiary/aromatic N) is 1. The van der Waals surface area contributed by atoms with E-state index < -0.39 is 0 Å². The van der Waals surface area contributed by atoms with Gasteiger partial charge in [0, 0.05) is 5.54 Å². The highest BCUT2D eigenvalue weighted by Gasteiger charge is 2.42. The second-order valence-corrected chi connectivity index (χ2v) is 6.53. The van der Waals surface area contributed by atoms with Crippen molar-refractivity contribution < 1.29 is 9.59 Å². The molecular weight excluding hydrogens is 240 g/mol. The number of amides is 2. The summed E-state index contributed by atoms with van der Waals surface area (Å²) in [5.41, 5.74) is -0.234. The minimum atomic E-state index is -0.285. The molecule has 2 rings (SSSR count). The van der Waals surface area contributed by atoms with E-state index in [1.165, 1.54) is 19.3 Å². The summed E-state index contributed by atoms with van der Waals surface area (Å²) in [5.74, 6) is 0.454. The van der Waals surface area contributed by atoms with Crippen molar-refractivity contribution in [2.24, 2.45) is 5.92 Å². The predicted molar refractivity (Wildman–Crippen MR) is 74.6 cm³/mol. The van der Waals surface area contributed by atoms with Gasteiger partial charge in [0.2, 0.25) is 11.8 Å². The van der Waals surface area contributed by atoms with Gasteiger partial charge in [-0.2, -0.15) is 0 Å². The van der Waals surface area contributed by atoms with Crippen molar-refractivity contribution in [2.75, 3.05) is 6.54 Å². The Kier molecular flexibility index (Phi) is 4.16. The third kappa shape index (κ3) is 2.93. The van der Waals surface area contributed by atoms with Gasteiger partial charge in [-0.15, -0.1) is 0 Å². The lowest BCUT2D eigenvalue weighted by Gasteiger charge is -2.45. The molecule has 0 bridgehead atoms. The zero-order valence-electron chi connectivity index (χ0n) is 12.4. The number of carbonyl (C=O) groups excluding carboxylic acids is 2. The van der Waals surface area contributed by atoms with Gasteiger partial charge in [0.15, 0.2) is 0 Å². The SMILES string of the molecule is CCC(C)(C)N1CC(=O)NC(C2CCCCC2)C1=O. The molecule has 1 saturated carbocycles. The van der Waals surface area contributed by atoms with E-state index >= 15 is 0 Å². The summed E-state index contributed by atoms with van der Waals surface area (Å²) in [4.78, 5) is 26.4. The van der Waals surface area contributed by atoms with Crippen molar-refractivity contribution in [3.8, 4) is 0 Å². The minimum absolute atomic E-state index is 0.00306. The molecule has 1 saturated heterocycles. The number of hydrogen-bond donors (Lipinski definition) is 1. The third-order valence-electron chi connectivity index (χ3n) is 4.87. The van der Waals surface area contributed by atoms with E-state index in [0.717, 1.165) is 19.3 Å². The average Bonchev–Trinajstić information content (AvgIpc) is 2.42. The molecule has 2 fully saturated rings. The maximum absolute atomic E-state index is 12.7. The van der Waals surface area contributed by atoms with Crippen molar-refractivity contribution in [2.45, 2.75) is 70.9 Å². The summed E-state index contributed by atoms with van der Waals surface area (Å²) in [6.07, 6.45) is 6.62. The minimum Gasteiger partial charge on any atom is -0.342 e. The van der Waals surface area contributed by atoms with Gasteiger partial charge in [-0.25, -0.2) is 0 Å². The molecule has 2 aliphatic rings. The molecule has 0 aromatic heterocycles. The van der Waals surface area contributed by atoms with Crippen molar-refractivity contribution in [3.63, 3.8) is 0 Å². The first-order valence-electron chi connectivity index (χ1n) is 7.56. The highest BCUT2D eigenvalue weighted by atomic mass is 16.2. The number of piperazine rings is 1. The predicted octanol–water partition coefficient (Wildman–Crippen LogP) is 2.08. The van der Waals surface area contributed by atoms with Crippen molar-refractivity contribution in [3.05, 3.63) is 0 Å². The molecule has 1 heterocycles. The van der Waals surface area contributed by atoms with Crippen LogP contribution >= 0.6 is 0 Å². The lowest BCUT2D eigenvalue weighted by molar-refractivity contribution is -0.152. The Labute approximate surface area is 115 Å². The zero-order valence-corrected chi connectivity index (χ0v) is 12.4. The van der Waals surface area contributed by atoms with Gasteiger partial charge in [-0.1, -0.05) is 26.2 Å². The monoisotopic (exact) mass is 266 g/mol. The molecule has 1 aliphatic carbocycles. The number of nitrogens with one attached hydrogen (secondary N) is 1. The Morgan fingerprint density at radius 2 is 1.84 bits per heavy atom. The highest BCUT2D eigenvalue weighted by Crippen LogP contribution is 2.30. The average molecular weight is 266 g/mol. The third-order valence-corrected chi connectivity index (χ3v) is 4.87. The quantitative estimate of drug-likeness (QED) is 0.850. The fourth-order valence-electron chi connectivity index (χ4n) is 3.16. The second kappa shape index (κ2) is 5.51. The largest absolute Gasteiger partial charge is 0.342 e. The molecule has 19 heavy (non-hydrogen) atoms. The number of rotatable bonds is 3. The molecule has 0 aromatic rings. The van der Waals surface area contributed by atoms with Crippen LogP contribution in [0.3, 0.4) is 0 Å². The molecule has 0 radical (unpaired) electrons. The van der Waals surface area contributed by atoms with Gasteiger partial charge in [0.05, 0.1) is 0 Å². The summed E-state index contributed by atoms with van der Waals surface area (Å²) >= 11 is 0. The van der Waals surface area contributed by atoms with Crippen LogP contribution in [0.2, 0.25) is 0 Å². The summed E-state index contributed by atoms with van der Waals surface area (Å²) < 4.78 is 0. The van der Waals surface area contributed by atoms with Crippen LogP contribution in [-0.4, -0.2) is 34.8 Å². The summed E-state index contributed by atoms with van der Waals surface area (Å²) in [7, 11) is 0. The van der Waals surface area contributed by atoms with E-state index in [9.17, 15) is 9.59 Å². The second-order valence-electron chi connectivity index (χ2n) is 6.53. The van der Waals surface area contributed by atoms with Crippen LogP contribution < -0.4 is 5.32 Å². The van der Waals surface area contributed by atoms with Crippen LogP contribution in [0.4, 0.5) is 0 Å². The Morgan fingerprint density at radius 3 is 2.42 bits per heavy atom. The molecule has 1 unspecified atom stereocenters. The topological polar surface area (TPSA) is 49.4 Å². The number of hydrogen-bond acceptors (Lipinski definition) is 2. The van der Waals surface area contributed by atoms with Gasteiger partial charge in [0.1, 0.15) is 12.6 Å². The van der Waals surface area contributed by atoms with Crippen LogP contribution in [0.15, 0.2) is 0 Å². The van der Waals surface area contributed by atoms with E-state index in [-0.39, 0.29) is 29.9 Å². The van der Waals surface area contributed by atoms with Crippen LogP contribution in [0.1, 0.15) is 59.3 Å². The van der Waals surface area contributed by atoms with Crippen LogP contribution in [0.25, 0.3) is 0 Å². The first-order chi connectivity index (χ1) is 8.95. The molecule has 2 amide bonds. The standard InChI is InChI=1S/C15H26N2O2/c1-4-15(2,3)17-10-12(18)16-13(14(17)19)11-8-6-5-7-9-11/h11,13H,4-10H2,1-3H3,(H,16,18). The first-order valence-corrected chi connectivity index (χ1v) is 7.56. The lowest BCUT2D eigenvalue weighted by Crippen LogP contribution is -2.65. The Morgan fingerprint density at radius 1 is 1.21 bits per heavy atom. The van der Waals surface area contributed by atoms with Crippen molar-refractivity contribution in [1.82, 2.24) is 10.2 Å². The Hall–Kier alpha value is -1.06. The maximum Gasteiger partial charge on any atom is 0.246 e. The first kappa shape index (κ1) is 14.4. The van der Waals surface area contributed by atoms with Crippen LogP contribution in [0, 0.1) is 5.92 Å². The summed E-state index contributed by atoms with van der Waals surface area (Å²) in [6.45, 7) is 6.36. The zero-order chi connectivity index (χ0) is 14.0. The maximum atomic E-state index is 12.7. The molecule has 1 aliphatic heterocycles. The molecule has 1 N–H and O–H groups in total. The van der Waals surface area contributed by atoms with Gasteiger partial charge >= 0.3 is 0 Å².